The molecular formula is C11H18. The molecular weight excluding hydrogens is 132 g/mol. The first-order valence-electron chi connectivity index (χ1n) is 4.69. The van der Waals surface area contributed by atoms with E-state index in [1.54, 1.807) is 5.57 Å². The average molecular weight is 150 g/mol. The fourth-order valence-electron chi connectivity index (χ4n) is 1.73. The minimum Gasteiger partial charge on any atom is -0.0911 e. The van der Waals surface area contributed by atoms with Crippen molar-refractivity contribution in [1.82, 2.24) is 0 Å². The third kappa shape index (κ3) is 2.53. The van der Waals surface area contributed by atoms with Crippen LogP contribution in [0, 0.1) is 5.92 Å². The maximum atomic E-state index is 2.45. The molecule has 0 N–H and O–H groups in total. The van der Waals surface area contributed by atoms with Gasteiger partial charge in [0.1, 0.15) is 0 Å². The van der Waals surface area contributed by atoms with Crippen LogP contribution >= 0.6 is 0 Å². The summed E-state index contributed by atoms with van der Waals surface area (Å²) in [6.45, 7) is 4.36. The van der Waals surface area contributed by atoms with Crippen molar-refractivity contribution < 1.29 is 0 Å². The standard InChI is InChI=1S/C11H18/c1-3-6-11-8-5-7-10(4-2)9-11/h3,6,9,11H,4-5,7-8H2,1-2H3/b6-3+. The maximum Gasteiger partial charge on any atom is -0.00508 e. The molecule has 1 aliphatic carbocycles. The van der Waals surface area contributed by atoms with Crippen molar-refractivity contribution in [3.63, 3.8) is 0 Å². The molecule has 1 atom stereocenters. The van der Waals surface area contributed by atoms with Crippen LogP contribution in [0.3, 0.4) is 0 Å². The van der Waals surface area contributed by atoms with E-state index in [9.17, 15) is 0 Å². The quantitative estimate of drug-likeness (QED) is 0.526. The van der Waals surface area contributed by atoms with Crippen LogP contribution in [0.4, 0.5) is 0 Å². The van der Waals surface area contributed by atoms with Crippen LogP contribution in [0.2, 0.25) is 0 Å². The van der Waals surface area contributed by atoms with E-state index >= 15 is 0 Å². The average Bonchev–Trinajstić information content (AvgIpc) is 2.06. The van der Waals surface area contributed by atoms with Crippen LogP contribution in [0.25, 0.3) is 0 Å². The van der Waals surface area contributed by atoms with Gasteiger partial charge < -0.3 is 0 Å². The van der Waals surface area contributed by atoms with Crippen molar-refractivity contribution >= 4 is 0 Å². The van der Waals surface area contributed by atoms with Gasteiger partial charge >= 0.3 is 0 Å². The zero-order chi connectivity index (χ0) is 8.10. The van der Waals surface area contributed by atoms with Gasteiger partial charge in [-0.1, -0.05) is 30.7 Å². The monoisotopic (exact) mass is 150 g/mol. The van der Waals surface area contributed by atoms with Gasteiger partial charge in [-0.3, -0.25) is 0 Å². The molecule has 0 saturated carbocycles. The summed E-state index contributed by atoms with van der Waals surface area (Å²) in [6, 6.07) is 0. The summed E-state index contributed by atoms with van der Waals surface area (Å²) in [6.07, 6.45) is 12.2. The first kappa shape index (κ1) is 8.58. The summed E-state index contributed by atoms with van der Waals surface area (Å²) in [5.41, 5.74) is 1.65. The first-order valence-corrected chi connectivity index (χ1v) is 4.69. The molecule has 0 aromatic heterocycles. The van der Waals surface area contributed by atoms with Gasteiger partial charge in [0.05, 0.1) is 0 Å². The van der Waals surface area contributed by atoms with Crippen molar-refractivity contribution in [3.8, 4) is 0 Å². The van der Waals surface area contributed by atoms with Crippen molar-refractivity contribution in [3.05, 3.63) is 23.8 Å². The molecule has 0 spiro atoms. The summed E-state index contributed by atoms with van der Waals surface area (Å²) >= 11 is 0. The molecule has 0 fully saturated rings. The number of allylic oxidation sites excluding steroid dienone is 4. The largest absolute Gasteiger partial charge is 0.0911 e. The maximum absolute atomic E-state index is 2.45. The van der Waals surface area contributed by atoms with Crippen LogP contribution in [0.15, 0.2) is 23.8 Å². The minimum atomic E-state index is 0.740. The molecule has 0 aromatic carbocycles. The summed E-state index contributed by atoms with van der Waals surface area (Å²) in [4.78, 5) is 0. The molecule has 1 rings (SSSR count). The second-order valence-corrected chi connectivity index (χ2v) is 3.26. The molecule has 0 aromatic rings. The number of hydrogen-bond acceptors (Lipinski definition) is 0. The van der Waals surface area contributed by atoms with Gasteiger partial charge in [-0.2, -0.15) is 0 Å². The normalized spacial score (nSPS) is 25.6. The van der Waals surface area contributed by atoms with Gasteiger partial charge in [0.15, 0.2) is 0 Å². The van der Waals surface area contributed by atoms with E-state index in [4.69, 9.17) is 0 Å². The van der Waals surface area contributed by atoms with E-state index in [2.05, 4.69) is 32.1 Å². The van der Waals surface area contributed by atoms with Crippen molar-refractivity contribution in [1.29, 1.82) is 0 Å². The van der Waals surface area contributed by atoms with Crippen LogP contribution in [0.5, 0.6) is 0 Å². The summed E-state index contributed by atoms with van der Waals surface area (Å²) in [7, 11) is 0. The Morgan fingerprint density at radius 1 is 1.64 bits per heavy atom. The SMILES string of the molecule is C/C=C/C1C=C(CC)CCC1. The van der Waals surface area contributed by atoms with E-state index in [1.165, 1.54) is 25.7 Å². The lowest BCUT2D eigenvalue weighted by atomic mass is 9.89. The Balaban J connectivity index is 2.55. The van der Waals surface area contributed by atoms with Crippen LogP contribution in [0.1, 0.15) is 39.5 Å². The molecule has 1 aliphatic rings. The second-order valence-electron chi connectivity index (χ2n) is 3.26. The Hall–Kier alpha value is -0.520. The van der Waals surface area contributed by atoms with E-state index in [-0.39, 0.29) is 0 Å². The molecule has 0 radical (unpaired) electrons. The molecule has 0 saturated heterocycles. The van der Waals surface area contributed by atoms with E-state index < -0.39 is 0 Å². The molecule has 0 bridgehead atoms. The highest BCUT2D eigenvalue weighted by molar-refractivity contribution is 5.11. The van der Waals surface area contributed by atoms with Crippen molar-refractivity contribution in [2.45, 2.75) is 39.5 Å². The smallest absolute Gasteiger partial charge is 0.00508 e. The van der Waals surface area contributed by atoms with Crippen LogP contribution in [-0.4, -0.2) is 0 Å². The second kappa shape index (κ2) is 4.38. The molecule has 0 heterocycles. The molecule has 11 heavy (non-hydrogen) atoms. The Bertz CT molecular complexity index is 163. The Morgan fingerprint density at radius 3 is 3.09 bits per heavy atom. The molecule has 62 valence electrons. The third-order valence-corrected chi connectivity index (χ3v) is 2.38. The highest BCUT2D eigenvalue weighted by Crippen LogP contribution is 2.25. The van der Waals surface area contributed by atoms with Crippen LogP contribution < -0.4 is 0 Å². The predicted octanol–water partition coefficient (Wildman–Crippen LogP) is 3.70. The van der Waals surface area contributed by atoms with E-state index in [0.717, 1.165) is 5.92 Å². The fraction of sp³-hybridized carbons (Fsp3) is 0.636. The number of rotatable bonds is 2. The van der Waals surface area contributed by atoms with E-state index in [0.29, 0.717) is 0 Å². The number of hydrogen-bond donors (Lipinski definition) is 0. The van der Waals surface area contributed by atoms with Gasteiger partial charge in [-0.05, 0) is 38.5 Å². The van der Waals surface area contributed by atoms with Gasteiger partial charge in [0.25, 0.3) is 0 Å². The highest BCUT2D eigenvalue weighted by Gasteiger charge is 2.08. The Kier molecular flexibility index (Phi) is 3.41. The zero-order valence-corrected chi connectivity index (χ0v) is 7.64. The molecule has 0 nitrogen and oxygen atoms in total. The Labute approximate surface area is 70.0 Å². The summed E-state index contributed by atoms with van der Waals surface area (Å²) < 4.78 is 0. The van der Waals surface area contributed by atoms with Gasteiger partial charge in [-0.25, -0.2) is 0 Å². The molecule has 1 unspecified atom stereocenters. The minimum absolute atomic E-state index is 0.740. The van der Waals surface area contributed by atoms with Crippen molar-refractivity contribution in [2.75, 3.05) is 0 Å². The Morgan fingerprint density at radius 2 is 2.45 bits per heavy atom. The fourth-order valence-corrected chi connectivity index (χ4v) is 1.73. The summed E-state index contributed by atoms with van der Waals surface area (Å²) in [5.74, 6) is 0.740. The lowest BCUT2D eigenvalue weighted by molar-refractivity contribution is 0.600. The van der Waals surface area contributed by atoms with E-state index in [1.807, 2.05) is 0 Å². The van der Waals surface area contributed by atoms with Crippen LogP contribution in [-0.2, 0) is 0 Å². The lowest BCUT2D eigenvalue weighted by Crippen LogP contribution is -2.01. The van der Waals surface area contributed by atoms with Crippen molar-refractivity contribution in [2.24, 2.45) is 5.92 Å². The zero-order valence-electron chi connectivity index (χ0n) is 7.64. The first-order chi connectivity index (χ1) is 5.36. The van der Waals surface area contributed by atoms with Gasteiger partial charge in [0, 0.05) is 0 Å². The highest BCUT2D eigenvalue weighted by atomic mass is 14.1. The van der Waals surface area contributed by atoms with Gasteiger partial charge in [-0.15, -0.1) is 0 Å². The topological polar surface area (TPSA) is 0 Å². The molecule has 0 amide bonds. The molecule has 0 aliphatic heterocycles. The van der Waals surface area contributed by atoms with Gasteiger partial charge in [0.2, 0.25) is 0 Å². The molecule has 0 heteroatoms. The third-order valence-electron chi connectivity index (χ3n) is 2.38. The predicted molar refractivity (Wildman–Crippen MR) is 50.5 cm³/mol. The lowest BCUT2D eigenvalue weighted by Gasteiger charge is -2.17. The summed E-state index contributed by atoms with van der Waals surface area (Å²) in [5, 5.41) is 0.